The second-order valence-corrected chi connectivity index (χ2v) is 10.1. The zero-order valence-corrected chi connectivity index (χ0v) is 22.3. The summed E-state index contributed by atoms with van der Waals surface area (Å²) in [6.07, 6.45) is 3.71. The van der Waals surface area contributed by atoms with Crippen LogP contribution in [0, 0.1) is 0 Å². The quantitative estimate of drug-likeness (QED) is 0.267. The number of anilines is 3. The van der Waals surface area contributed by atoms with Gasteiger partial charge in [-0.3, -0.25) is 10.1 Å². The van der Waals surface area contributed by atoms with Crippen LogP contribution in [0.3, 0.4) is 0 Å². The number of aliphatic imine (C=N–C) groups is 1. The third-order valence-electron chi connectivity index (χ3n) is 7.05. The standard InChI is InChI=1S/C30H29ClN6O2/c1-19-26(28(38)33-20-13-15-21(16-14-20)37-17-7-2-8-18-37)27(22-9-3-4-10-23(22)31)35-29(32-19)36-30-34-24-11-5-6-12-25(24)39-30/h3-6,9-16,27H,2,7-8,17-18H2,1H3,(H,33,38)(H2,32,34,35,36). The van der Waals surface area contributed by atoms with Crippen molar-refractivity contribution in [1.29, 1.82) is 0 Å². The Labute approximate surface area is 231 Å². The van der Waals surface area contributed by atoms with E-state index in [0.717, 1.165) is 29.9 Å². The van der Waals surface area contributed by atoms with Crippen LogP contribution in [-0.4, -0.2) is 29.9 Å². The van der Waals surface area contributed by atoms with Crippen LogP contribution in [0.2, 0.25) is 5.02 Å². The third-order valence-corrected chi connectivity index (χ3v) is 7.40. The van der Waals surface area contributed by atoms with Crippen molar-refractivity contribution in [3.63, 3.8) is 0 Å². The number of fused-ring (bicyclic) bond motifs is 1. The molecule has 198 valence electrons. The van der Waals surface area contributed by atoms with Gasteiger partial charge in [-0.15, -0.1) is 0 Å². The average Bonchev–Trinajstić information content (AvgIpc) is 3.36. The molecule has 8 nitrogen and oxygen atoms in total. The summed E-state index contributed by atoms with van der Waals surface area (Å²) >= 11 is 6.59. The van der Waals surface area contributed by atoms with Crippen molar-refractivity contribution in [3.05, 3.63) is 94.7 Å². The van der Waals surface area contributed by atoms with Gasteiger partial charge in [-0.25, -0.2) is 4.99 Å². The average molecular weight is 541 g/mol. The third kappa shape index (κ3) is 5.33. The Bertz CT molecular complexity index is 1540. The molecule has 1 saturated heterocycles. The smallest absolute Gasteiger partial charge is 0.302 e. The number of aromatic nitrogens is 1. The molecule has 0 saturated carbocycles. The number of nitrogens with one attached hydrogen (secondary N) is 3. The fraction of sp³-hybridized carbons (Fsp3) is 0.233. The number of piperidine rings is 1. The molecular formula is C30H29ClN6O2. The Morgan fingerprint density at radius 2 is 1.74 bits per heavy atom. The molecular weight excluding hydrogens is 512 g/mol. The molecule has 0 bridgehead atoms. The lowest BCUT2D eigenvalue weighted by atomic mass is 9.95. The van der Waals surface area contributed by atoms with E-state index in [2.05, 4.69) is 38.0 Å². The highest BCUT2D eigenvalue weighted by atomic mass is 35.5. The molecule has 1 fully saturated rings. The van der Waals surface area contributed by atoms with Crippen molar-refractivity contribution >= 4 is 52.0 Å². The Hall–Kier alpha value is -4.30. The maximum absolute atomic E-state index is 13.7. The van der Waals surface area contributed by atoms with Crippen molar-refractivity contribution in [2.45, 2.75) is 32.2 Å². The summed E-state index contributed by atoms with van der Waals surface area (Å²) in [7, 11) is 0. The van der Waals surface area contributed by atoms with Gasteiger partial charge >= 0.3 is 6.01 Å². The topological polar surface area (TPSA) is 94.8 Å². The van der Waals surface area contributed by atoms with Gasteiger partial charge in [0.2, 0.25) is 5.96 Å². The van der Waals surface area contributed by atoms with E-state index < -0.39 is 6.04 Å². The van der Waals surface area contributed by atoms with Gasteiger partial charge in [0.05, 0.1) is 5.57 Å². The lowest BCUT2D eigenvalue weighted by Crippen LogP contribution is -2.37. The second kappa shape index (κ2) is 10.8. The minimum Gasteiger partial charge on any atom is -0.423 e. The predicted molar refractivity (Wildman–Crippen MR) is 156 cm³/mol. The number of carbonyl (C=O) groups excluding carboxylic acids is 1. The molecule has 1 unspecified atom stereocenters. The SMILES string of the molecule is CC1=C(C(=O)Nc2ccc(N3CCCCC3)cc2)C(c2ccccc2Cl)N=C(Nc2nc3ccccc3o2)N1. The normalized spacial score (nSPS) is 17.5. The number of halogens is 1. The Morgan fingerprint density at radius 1 is 1.00 bits per heavy atom. The highest BCUT2D eigenvalue weighted by Gasteiger charge is 2.31. The second-order valence-electron chi connectivity index (χ2n) is 9.73. The monoisotopic (exact) mass is 540 g/mol. The van der Waals surface area contributed by atoms with E-state index in [1.54, 1.807) is 6.07 Å². The van der Waals surface area contributed by atoms with Gasteiger partial charge in [0.25, 0.3) is 5.91 Å². The van der Waals surface area contributed by atoms with Crippen LogP contribution < -0.4 is 20.9 Å². The van der Waals surface area contributed by atoms with E-state index in [9.17, 15) is 4.79 Å². The zero-order chi connectivity index (χ0) is 26.8. The summed E-state index contributed by atoms with van der Waals surface area (Å²) in [5, 5.41) is 9.90. The first-order valence-electron chi connectivity index (χ1n) is 13.1. The van der Waals surface area contributed by atoms with Crippen LogP contribution in [0.4, 0.5) is 17.4 Å². The van der Waals surface area contributed by atoms with E-state index in [4.69, 9.17) is 21.0 Å². The van der Waals surface area contributed by atoms with Crippen molar-refractivity contribution in [3.8, 4) is 0 Å². The molecule has 0 radical (unpaired) electrons. The first-order chi connectivity index (χ1) is 19.0. The van der Waals surface area contributed by atoms with E-state index in [-0.39, 0.29) is 5.91 Å². The fourth-order valence-corrected chi connectivity index (χ4v) is 5.33. The fourth-order valence-electron chi connectivity index (χ4n) is 5.09. The van der Waals surface area contributed by atoms with E-state index >= 15 is 0 Å². The molecule has 3 heterocycles. The number of carbonyl (C=O) groups is 1. The number of para-hydroxylation sites is 2. The Morgan fingerprint density at radius 3 is 2.51 bits per heavy atom. The number of nitrogens with zero attached hydrogens (tertiary/aromatic N) is 3. The minimum absolute atomic E-state index is 0.250. The predicted octanol–water partition coefficient (Wildman–Crippen LogP) is 6.50. The van der Waals surface area contributed by atoms with Gasteiger partial charge in [0.15, 0.2) is 5.58 Å². The molecule has 1 aromatic heterocycles. The van der Waals surface area contributed by atoms with E-state index in [1.807, 2.05) is 61.5 Å². The number of benzene rings is 3. The van der Waals surface area contributed by atoms with Gasteiger partial charge in [-0.05, 0) is 68.7 Å². The number of oxazole rings is 1. The molecule has 4 aromatic rings. The van der Waals surface area contributed by atoms with Crippen LogP contribution in [0.25, 0.3) is 11.1 Å². The number of hydrogen-bond donors (Lipinski definition) is 3. The van der Waals surface area contributed by atoms with Crippen molar-refractivity contribution < 1.29 is 9.21 Å². The molecule has 1 atom stereocenters. The minimum atomic E-state index is -0.639. The summed E-state index contributed by atoms with van der Waals surface area (Å²) in [6, 6.07) is 22.6. The van der Waals surface area contributed by atoms with Gasteiger partial charge in [-0.2, -0.15) is 4.98 Å². The highest BCUT2D eigenvalue weighted by molar-refractivity contribution is 6.31. The number of allylic oxidation sites excluding steroid dienone is 1. The summed E-state index contributed by atoms with van der Waals surface area (Å²) in [4.78, 5) is 25.4. The van der Waals surface area contributed by atoms with Gasteiger partial charge in [-0.1, -0.05) is 41.9 Å². The van der Waals surface area contributed by atoms with Crippen LogP contribution in [-0.2, 0) is 4.79 Å². The molecule has 2 aliphatic rings. The van der Waals surface area contributed by atoms with Gasteiger partial charge < -0.3 is 20.0 Å². The lowest BCUT2D eigenvalue weighted by Gasteiger charge is -2.29. The summed E-state index contributed by atoms with van der Waals surface area (Å²) in [6.45, 7) is 3.99. The molecule has 1 amide bonds. The molecule has 0 spiro atoms. The van der Waals surface area contributed by atoms with Crippen LogP contribution in [0.5, 0.6) is 0 Å². The first kappa shape index (κ1) is 25.0. The Balaban J connectivity index is 1.26. The van der Waals surface area contributed by atoms with Gasteiger partial charge in [0.1, 0.15) is 11.6 Å². The van der Waals surface area contributed by atoms with Crippen molar-refractivity contribution in [2.24, 2.45) is 4.99 Å². The molecule has 39 heavy (non-hydrogen) atoms. The summed E-state index contributed by atoms with van der Waals surface area (Å²) in [5.41, 5.74) is 5.15. The Kier molecular flexibility index (Phi) is 6.94. The van der Waals surface area contributed by atoms with Crippen molar-refractivity contribution in [2.75, 3.05) is 28.6 Å². The van der Waals surface area contributed by atoms with Crippen molar-refractivity contribution in [1.82, 2.24) is 10.3 Å². The van der Waals surface area contributed by atoms with Gasteiger partial charge in [0, 0.05) is 40.7 Å². The number of hydrogen-bond acceptors (Lipinski definition) is 7. The van der Waals surface area contributed by atoms with Crippen LogP contribution in [0.15, 0.2) is 93.5 Å². The number of guanidine groups is 1. The van der Waals surface area contributed by atoms with E-state index in [0.29, 0.717) is 33.9 Å². The number of amides is 1. The molecule has 9 heteroatoms. The van der Waals surface area contributed by atoms with Crippen LogP contribution in [0.1, 0.15) is 37.8 Å². The highest BCUT2D eigenvalue weighted by Crippen LogP contribution is 2.35. The largest absolute Gasteiger partial charge is 0.423 e. The number of rotatable bonds is 5. The molecule has 3 aromatic carbocycles. The summed E-state index contributed by atoms with van der Waals surface area (Å²) < 4.78 is 5.81. The lowest BCUT2D eigenvalue weighted by molar-refractivity contribution is -0.113. The van der Waals surface area contributed by atoms with E-state index in [1.165, 1.54) is 24.9 Å². The molecule has 2 aliphatic heterocycles. The zero-order valence-electron chi connectivity index (χ0n) is 21.6. The first-order valence-corrected chi connectivity index (χ1v) is 13.5. The molecule has 6 rings (SSSR count). The molecule has 0 aliphatic carbocycles. The maximum atomic E-state index is 13.7. The maximum Gasteiger partial charge on any atom is 0.302 e. The molecule has 3 N–H and O–H groups in total. The van der Waals surface area contributed by atoms with Crippen LogP contribution >= 0.6 is 11.6 Å². The summed E-state index contributed by atoms with van der Waals surface area (Å²) in [5.74, 6) is 0.159.